The summed E-state index contributed by atoms with van der Waals surface area (Å²) in [6.07, 6.45) is 5.79. The van der Waals surface area contributed by atoms with Crippen LogP contribution in [0, 0.1) is 0 Å². The molecule has 5 heteroatoms. The van der Waals surface area contributed by atoms with E-state index >= 15 is 0 Å². The number of ether oxygens (including phenoxy) is 1. The fourth-order valence-electron chi connectivity index (χ4n) is 1.27. The first-order chi connectivity index (χ1) is 7.20. The lowest BCUT2D eigenvalue weighted by Crippen LogP contribution is -2.19. The minimum absolute atomic E-state index is 0.368. The Bertz CT molecular complexity index is 175. The Kier molecular flexibility index (Phi) is 9.33. The minimum Gasteiger partial charge on any atom is -0.411 e. The third-order valence-corrected chi connectivity index (χ3v) is 2.20. The lowest BCUT2D eigenvalue weighted by Gasteiger charge is -2.01. The Morgan fingerprint density at radius 3 is 1.67 bits per heavy atom. The van der Waals surface area contributed by atoms with Gasteiger partial charge in [-0.25, -0.2) is 0 Å². The van der Waals surface area contributed by atoms with Crippen LogP contribution < -0.4 is 0 Å². The largest absolute Gasteiger partial charge is 0.411 e. The van der Waals surface area contributed by atoms with Crippen molar-refractivity contribution < 1.29 is 14.3 Å². The first-order valence-corrected chi connectivity index (χ1v) is 5.94. The molecular formula is C10H20B2O3. The van der Waals surface area contributed by atoms with Gasteiger partial charge in [0.05, 0.1) is 0 Å². The molecule has 0 aromatic rings. The van der Waals surface area contributed by atoms with E-state index in [2.05, 4.69) is 18.6 Å². The molecule has 15 heavy (non-hydrogen) atoms. The Labute approximate surface area is 93.4 Å². The van der Waals surface area contributed by atoms with Crippen molar-refractivity contribution in [2.24, 2.45) is 0 Å². The summed E-state index contributed by atoms with van der Waals surface area (Å²) >= 11 is 0. The number of hydrogen-bond donors (Lipinski definition) is 0. The van der Waals surface area contributed by atoms with Crippen molar-refractivity contribution in [2.75, 3.05) is 0 Å². The number of rotatable bonds is 8. The van der Waals surface area contributed by atoms with Crippen molar-refractivity contribution in [3.8, 4) is 0 Å². The number of hydrogen-bond acceptors (Lipinski definition) is 3. The second-order valence-electron chi connectivity index (χ2n) is 3.76. The van der Waals surface area contributed by atoms with Gasteiger partial charge in [0, 0.05) is 0 Å². The smallest absolute Gasteiger partial charge is 0.261 e. The molecule has 84 valence electrons. The first kappa shape index (κ1) is 14.3. The Balaban J connectivity index is 3.45. The van der Waals surface area contributed by atoms with E-state index in [0.29, 0.717) is 14.6 Å². The number of unbranched alkanes of at least 4 members (excludes halogenated alkanes) is 2. The molecule has 0 heterocycles. The Hall–Kier alpha value is -0.730. The highest BCUT2D eigenvalue weighted by Gasteiger charge is 2.11. The Morgan fingerprint density at radius 2 is 1.33 bits per heavy atom. The van der Waals surface area contributed by atoms with Crippen LogP contribution >= 0.6 is 0 Å². The van der Waals surface area contributed by atoms with Crippen molar-refractivity contribution in [3.05, 3.63) is 0 Å². The maximum absolute atomic E-state index is 11.1. The van der Waals surface area contributed by atoms with Crippen molar-refractivity contribution in [3.63, 3.8) is 0 Å². The molecule has 0 aliphatic heterocycles. The third-order valence-electron chi connectivity index (χ3n) is 2.20. The molecule has 0 radical (unpaired) electrons. The van der Waals surface area contributed by atoms with Gasteiger partial charge < -0.3 is 4.74 Å². The van der Waals surface area contributed by atoms with E-state index in [1.54, 1.807) is 0 Å². The van der Waals surface area contributed by atoms with Gasteiger partial charge >= 0.3 is 0 Å². The molecule has 3 nitrogen and oxygen atoms in total. The molecule has 0 saturated carbocycles. The van der Waals surface area contributed by atoms with Crippen LogP contribution in [0.1, 0.15) is 39.5 Å². The van der Waals surface area contributed by atoms with E-state index in [1.807, 2.05) is 0 Å². The van der Waals surface area contributed by atoms with Gasteiger partial charge in [0.1, 0.15) is 0 Å². The van der Waals surface area contributed by atoms with Crippen LogP contribution in [0.3, 0.4) is 0 Å². The molecule has 0 amide bonds. The average Bonchev–Trinajstić information content (AvgIpc) is 2.18. The van der Waals surface area contributed by atoms with Gasteiger partial charge in [0.15, 0.2) is 0 Å². The van der Waals surface area contributed by atoms with Crippen molar-refractivity contribution in [1.29, 1.82) is 0 Å². The molecule has 0 saturated heterocycles. The highest BCUT2D eigenvalue weighted by atomic mass is 16.6. The van der Waals surface area contributed by atoms with Crippen LogP contribution in [0.4, 0.5) is 9.59 Å². The summed E-state index contributed by atoms with van der Waals surface area (Å²) in [7, 11) is 0.737. The minimum atomic E-state index is -0.370. The van der Waals surface area contributed by atoms with E-state index < -0.39 is 0 Å². The predicted molar refractivity (Wildman–Crippen MR) is 65.6 cm³/mol. The van der Waals surface area contributed by atoms with Crippen molar-refractivity contribution in [1.82, 2.24) is 0 Å². The normalized spacial score (nSPS) is 9.47. The summed E-state index contributed by atoms with van der Waals surface area (Å²) in [5.41, 5.74) is 0. The second kappa shape index (κ2) is 9.81. The van der Waals surface area contributed by atoms with Crippen LogP contribution in [0.5, 0.6) is 0 Å². The van der Waals surface area contributed by atoms with E-state index in [1.165, 1.54) is 0 Å². The molecule has 0 spiro atoms. The lowest BCUT2D eigenvalue weighted by molar-refractivity contribution is 0.183. The summed E-state index contributed by atoms with van der Waals surface area (Å²) in [4.78, 5) is 22.2. The fourth-order valence-corrected chi connectivity index (χ4v) is 1.27. The van der Waals surface area contributed by atoms with Gasteiger partial charge in [-0.05, 0) is 0 Å². The molecule has 0 aromatic heterocycles. The molecule has 0 aliphatic rings. The topological polar surface area (TPSA) is 43.4 Å². The number of carbonyl (C=O) groups excluding carboxylic acids is 2. The quantitative estimate of drug-likeness (QED) is 0.351. The zero-order valence-electron chi connectivity index (χ0n) is 9.88. The van der Waals surface area contributed by atoms with Gasteiger partial charge in [-0.15, -0.1) is 0 Å². The summed E-state index contributed by atoms with van der Waals surface area (Å²) in [5, 5.41) is 0. The van der Waals surface area contributed by atoms with Gasteiger partial charge in [-0.1, -0.05) is 52.2 Å². The summed E-state index contributed by atoms with van der Waals surface area (Å²) in [5.74, 6) is -0.741. The molecule has 0 unspecified atom stereocenters. The molecule has 0 N–H and O–H groups in total. The van der Waals surface area contributed by atoms with E-state index in [0.717, 1.165) is 38.3 Å². The summed E-state index contributed by atoms with van der Waals surface area (Å²) < 4.78 is 4.67. The standard InChI is InChI=1S/C10H20B2O3/c1-3-5-7-11-9(13)15-10(14)12-8-6-4-2/h11-12H,3-8H2,1-2H3. The third kappa shape index (κ3) is 9.57. The first-order valence-electron chi connectivity index (χ1n) is 5.94. The van der Waals surface area contributed by atoms with Gasteiger partial charge in [-0.2, -0.15) is 0 Å². The van der Waals surface area contributed by atoms with Crippen molar-refractivity contribution in [2.45, 2.75) is 52.2 Å². The molecule has 0 aliphatic carbocycles. The second-order valence-corrected chi connectivity index (χ2v) is 3.76. The van der Waals surface area contributed by atoms with Gasteiger partial charge in [-0.3, -0.25) is 9.59 Å². The number of carbonyl (C=O) groups is 2. The molecule has 0 aromatic carbocycles. The zero-order valence-corrected chi connectivity index (χ0v) is 9.88. The zero-order chi connectivity index (χ0) is 11.5. The average molecular weight is 210 g/mol. The molecular weight excluding hydrogens is 190 g/mol. The SMILES string of the molecule is CCCCBC(=O)OC(=O)BCCCC. The predicted octanol–water partition coefficient (Wildman–Crippen LogP) is 2.55. The van der Waals surface area contributed by atoms with Crippen LogP contribution in [0.15, 0.2) is 0 Å². The lowest BCUT2D eigenvalue weighted by atomic mass is 9.71. The molecule has 0 atom stereocenters. The Morgan fingerprint density at radius 1 is 0.933 bits per heavy atom. The monoisotopic (exact) mass is 210 g/mol. The van der Waals surface area contributed by atoms with Crippen molar-refractivity contribution >= 4 is 26.3 Å². The summed E-state index contributed by atoms with van der Waals surface area (Å²) in [6.45, 7) is 4.14. The molecule has 0 rings (SSSR count). The van der Waals surface area contributed by atoms with E-state index in [9.17, 15) is 9.59 Å². The summed E-state index contributed by atoms with van der Waals surface area (Å²) in [6, 6.07) is 0. The van der Waals surface area contributed by atoms with Crippen LogP contribution in [0.2, 0.25) is 12.6 Å². The van der Waals surface area contributed by atoms with E-state index in [4.69, 9.17) is 0 Å². The van der Waals surface area contributed by atoms with E-state index in [-0.39, 0.29) is 11.7 Å². The molecule has 0 bridgehead atoms. The van der Waals surface area contributed by atoms with Crippen LogP contribution in [0.25, 0.3) is 0 Å². The van der Waals surface area contributed by atoms with Gasteiger partial charge in [0.2, 0.25) is 0 Å². The fraction of sp³-hybridized carbons (Fsp3) is 0.800. The van der Waals surface area contributed by atoms with Crippen LogP contribution in [-0.4, -0.2) is 26.3 Å². The highest BCUT2D eigenvalue weighted by Crippen LogP contribution is 1.98. The van der Waals surface area contributed by atoms with Gasteiger partial charge in [0.25, 0.3) is 26.3 Å². The highest BCUT2D eigenvalue weighted by molar-refractivity contribution is 6.77. The maximum Gasteiger partial charge on any atom is 0.261 e. The molecule has 0 fully saturated rings. The maximum atomic E-state index is 11.1. The van der Waals surface area contributed by atoms with Crippen LogP contribution in [-0.2, 0) is 4.74 Å².